The molecule has 0 radical (unpaired) electrons. The summed E-state index contributed by atoms with van der Waals surface area (Å²) >= 11 is 0. The maximum Gasteiger partial charge on any atom is 0.227 e. The first-order chi connectivity index (χ1) is 13.2. The second-order valence-electron chi connectivity index (χ2n) is 8.01. The number of amides is 1. The molecule has 0 aliphatic carbocycles. The summed E-state index contributed by atoms with van der Waals surface area (Å²) in [6.07, 6.45) is 6.10. The number of carbonyl (C=O) groups is 1. The molecule has 1 aromatic heterocycles. The van der Waals surface area contributed by atoms with E-state index in [4.69, 9.17) is 4.74 Å². The van der Waals surface area contributed by atoms with Crippen LogP contribution < -0.4 is 4.90 Å². The van der Waals surface area contributed by atoms with Crippen LogP contribution >= 0.6 is 0 Å². The van der Waals surface area contributed by atoms with E-state index in [0.29, 0.717) is 25.2 Å². The molecular formula is C20H31N5O2. The lowest BCUT2D eigenvalue weighted by Crippen LogP contribution is -2.52. The molecule has 3 aliphatic heterocycles. The molecule has 1 atom stereocenters. The Morgan fingerprint density at radius 1 is 1.07 bits per heavy atom. The average molecular weight is 374 g/mol. The summed E-state index contributed by atoms with van der Waals surface area (Å²) < 4.78 is 5.39. The van der Waals surface area contributed by atoms with E-state index >= 15 is 0 Å². The van der Waals surface area contributed by atoms with Crippen LogP contribution in [0.3, 0.4) is 0 Å². The van der Waals surface area contributed by atoms with Crippen molar-refractivity contribution in [2.24, 2.45) is 5.92 Å². The quantitative estimate of drug-likeness (QED) is 0.797. The minimum absolute atomic E-state index is 0.166. The first-order valence-electron chi connectivity index (χ1n) is 10.3. The fourth-order valence-electron chi connectivity index (χ4n) is 4.66. The summed E-state index contributed by atoms with van der Waals surface area (Å²) in [5.41, 5.74) is 1.02. The van der Waals surface area contributed by atoms with Crippen molar-refractivity contribution >= 4 is 11.7 Å². The van der Waals surface area contributed by atoms with Crippen LogP contribution in [0.2, 0.25) is 0 Å². The zero-order valence-electron chi connectivity index (χ0n) is 16.3. The molecule has 0 aromatic carbocycles. The number of carbonyl (C=O) groups excluding carboxylic acids is 1. The third-order valence-corrected chi connectivity index (χ3v) is 6.22. The lowest BCUT2D eigenvalue weighted by atomic mass is 9.92. The molecule has 4 rings (SSSR count). The first kappa shape index (κ1) is 18.6. The zero-order valence-corrected chi connectivity index (χ0v) is 16.3. The Bertz CT molecular complexity index is 641. The third-order valence-electron chi connectivity index (χ3n) is 6.22. The van der Waals surface area contributed by atoms with Gasteiger partial charge in [0.05, 0.1) is 19.1 Å². The SMILES string of the molecule is Cc1cc(N2CCC(N3CCCC(C(=O)N4CCOCC4)C3)CC2)ncn1. The van der Waals surface area contributed by atoms with Gasteiger partial charge in [-0.1, -0.05) is 0 Å². The molecule has 3 aliphatic rings. The van der Waals surface area contributed by atoms with Gasteiger partial charge in [0.2, 0.25) is 5.91 Å². The molecule has 3 saturated heterocycles. The Morgan fingerprint density at radius 3 is 2.59 bits per heavy atom. The lowest BCUT2D eigenvalue weighted by molar-refractivity contribution is -0.141. The van der Waals surface area contributed by atoms with Gasteiger partial charge in [-0.2, -0.15) is 0 Å². The summed E-state index contributed by atoms with van der Waals surface area (Å²) in [6, 6.07) is 2.66. The third kappa shape index (κ3) is 4.41. The van der Waals surface area contributed by atoms with Crippen molar-refractivity contribution in [3.8, 4) is 0 Å². The molecule has 0 saturated carbocycles. The maximum atomic E-state index is 12.9. The Balaban J connectivity index is 1.31. The molecule has 3 fully saturated rings. The van der Waals surface area contributed by atoms with Crippen molar-refractivity contribution in [2.45, 2.75) is 38.6 Å². The van der Waals surface area contributed by atoms with Gasteiger partial charge >= 0.3 is 0 Å². The number of aromatic nitrogens is 2. The van der Waals surface area contributed by atoms with E-state index in [-0.39, 0.29) is 5.92 Å². The highest BCUT2D eigenvalue weighted by Gasteiger charge is 2.34. The van der Waals surface area contributed by atoms with Gasteiger partial charge in [-0.05, 0) is 39.2 Å². The summed E-state index contributed by atoms with van der Waals surface area (Å²) in [7, 11) is 0. The van der Waals surface area contributed by atoms with E-state index in [1.54, 1.807) is 6.33 Å². The Kier molecular flexibility index (Phi) is 5.88. The second kappa shape index (κ2) is 8.52. The fraction of sp³-hybridized carbons (Fsp3) is 0.750. The van der Waals surface area contributed by atoms with Crippen LogP contribution in [0.15, 0.2) is 12.4 Å². The maximum absolute atomic E-state index is 12.9. The molecule has 7 heteroatoms. The van der Waals surface area contributed by atoms with Crippen molar-refractivity contribution in [1.29, 1.82) is 0 Å². The normalized spacial score (nSPS) is 25.6. The molecule has 1 unspecified atom stereocenters. The van der Waals surface area contributed by atoms with Gasteiger partial charge < -0.3 is 14.5 Å². The number of morpholine rings is 1. The molecule has 0 spiro atoms. The summed E-state index contributed by atoms with van der Waals surface area (Å²) in [4.78, 5) is 28.5. The Hall–Kier alpha value is -1.73. The van der Waals surface area contributed by atoms with E-state index < -0.39 is 0 Å². The summed E-state index contributed by atoms with van der Waals surface area (Å²) in [6.45, 7) is 9.00. The number of anilines is 1. The molecule has 1 amide bonds. The highest BCUT2D eigenvalue weighted by atomic mass is 16.5. The highest BCUT2D eigenvalue weighted by Crippen LogP contribution is 2.26. The topological polar surface area (TPSA) is 61.8 Å². The lowest BCUT2D eigenvalue weighted by Gasteiger charge is -2.43. The van der Waals surface area contributed by atoms with E-state index in [1.165, 1.54) is 0 Å². The Labute approximate surface area is 161 Å². The van der Waals surface area contributed by atoms with Gasteiger partial charge in [0.25, 0.3) is 0 Å². The number of aryl methyl sites for hydroxylation is 1. The highest BCUT2D eigenvalue weighted by molar-refractivity contribution is 5.79. The number of likely N-dealkylation sites (tertiary alicyclic amines) is 1. The summed E-state index contributed by atoms with van der Waals surface area (Å²) in [5.74, 6) is 1.55. The molecule has 1 aromatic rings. The summed E-state index contributed by atoms with van der Waals surface area (Å²) in [5, 5.41) is 0. The number of ether oxygens (including phenoxy) is 1. The number of hydrogen-bond acceptors (Lipinski definition) is 6. The number of hydrogen-bond donors (Lipinski definition) is 0. The van der Waals surface area contributed by atoms with E-state index in [9.17, 15) is 4.79 Å². The number of rotatable bonds is 3. The minimum Gasteiger partial charge on any atom is -0.378 e. The number of piperidine rings is 2. The average Bonchev–Trinajstić information content (AvgIpc) is 2.74. The van der Waals surface area contributed by atoms with Crippen LogP contribution in [-0.4, -0.2) is 84.2 Å². The predicted molar refractivity (Wildman–Crippen MR) is 104 cm³/mol. The zero-order chi connectivity index (χ0) is 18.6. The molecule has 7 nitrogen and oxygen atoms in total. The van der Waals surface area contributed by atoms with Crippen LogP contribution in [0.5, 0.6) is 0 Å². The predicted octanol–water partition coefficient (Wildman–Crippen LogP) is 1.32. The van der Waals surface area contributed by atoms with Gasteiger partial charge in [-0.3, -0.25) is 9.69 Å². The van der Waals surface area contributed by atoms with Gasteiger partial charge in [0.15, 0.2) is 0 Å². The van der Waals surface area contributed by atoms with E-state index in [2.05, 4.69) is 25.8 Å². The second-order valence-corrected chi connectivity index (χ2v) is 8.01. The van der Waals surface area contributed by atoms with Gasteiger partial charge in [-0.25, -0.2) is 9.97 Å². The first-order valence-corrected chi connectivity index (χ1v) is 10.3. The largest absolute Gasteiger partial charge is 0.378 e. The molecule has 27 heavy (non-hydrogen) atoms. The Morgan fingerprint density at radius 2 is 1.85 bits per heavy atom. The van der Waals surface area contributed by atoms with Crippen LogP contribution in [0.1, 0.15) is 31.4 Å². The van der Waals surface area contributed by atoms with Crippen LogP contribution in [0.25, 0.3) is 0 Å². The molecule has 148 valence electrons. The molecular weight excluding hydrogens is 342 g/mol. The van der Waals surface area contributed by atoms with Crippen molar-refractivity contribution < 1.29 is 9.53 Å². The smallest absolute Gasteiger partial charge is 0.227 e. The molecule has 0 N–H and O–H groups in total. The fourth-order valence-corrected chi connectivity index (χ4v) is 4.66. The van der Waals surface area contributed by atoms with Crippen LogP contribution in [0, 0.1) is 12.8 Å². The van der Waals surface area contributed by atoms with Gasteiger partial charge in [0.1, 0.15) is 12.1 Å². The number of nitrogens with zero attached hydrogens (tertiary/aromatic N) is 5. The molecule has 0 bridgehead atoms. The van der Waals surface area contributed by atoms with Crippen molar-refractivity contribution in [2.75, 3.05) is 57.4 Å². The van der Waals surface area contributed by atoms with Gasteiger partial charge in [0, 0.05) is 50.5 Å². The van der Waals surface area contributed by atoms with Gasteiger partial charge in [-0.15, -0.1) is 0 Å². The van der Waals surface area contributed by atoms with Crippen LogP contribution in [-0.2, 0) is 9.53 Å². The van der Waals surface area contributed by atoms with E-state index in [0.717, 1.165) is 76.5 Å². The van der Waals surface area contributed by atoms with E-state index in [1.807, 2.05) is 11.8 Å². The monoisotopic (exact) mass is 373 g/mol. The van der Waals surface area contributed by atoms with Crippen molar-refractivity contribution in [3.05, 3.63) is 18.1 Å². The molecule has 4 heterocycles. The standard InChI is InChI=1S/C20H31N5O2/c1-16-13-19(22-15-21-16)23-7-4-18(5-8-23)25-6-2-3-17(14-25)20(26)24-9-11-27-12-10-24/h13,15,17-18H,2-12,14H2,1H3. The van der Waals surface area contributed by atoms with Crippen LogP contribution in [0.4, 0.5) is 5.82 Å². The van der Waals surface area contributed by atoms with Crippen molar-refractivity contribution in [3.63, 3.8) is 0 Å². The minimum atomic E-state index is 0.166. The van der Waals surface area contributed by atoms with Crippen molar-refractivity contribution in [1.82, 2.24) is 19.8 Å².